The maximum Gasteiger partial charge on any atom is 0.409 e. The van der Waals surface area contributed by atoms with Gasteiger partial charge in [-0.15, -0.1) is 0 Å². The van der Waals surface area contributed by atoms with Crippen LogP contribution in [0.1, 0.15) is 26.7 Å². The maximum absolute atomic E-state index is 11.5. The second-order valence-electron chi connectivity index (χ2n) is 4.54. The highest BCUT2D eigenvalue weighted by Gasteiger charge is 2.23. The van der Waals surface area contributed by atoms with Gasteiger partial charge in [-0.25, -0.2) is 4.79 Å². The van der Waals surface area contributed by atoms with Crippen molar-refractivity contribution in [2.24, 2.45) is 0 Å². The number of hydrogen-bond acceptors (Lipinski definition) is 5. The molecule has 1 fully saturated rings. The van der Waals surface area contributed by atoms with Crippen molar-refractivity contribution in [1.29, 1.82) is 0 Å². The average molecular weight is 272 g/mol. The molecule has 6 nitrogen and oxygen atoms in total. The van der Waals surface area contributed by atoms with Gasteiger partial charge >= 0.3 is 12.1 Å². The lowest BCUT2D eigenvalue weighted by Gasteiger charge is -2.33. The fourth-order valence-electron chi connectivity index (χ4n) is 1.86. The Hall–Kier alpha value is -1.30. The van der Waals surface area contributed by atoms with Crippen LogP contribution in [0.2, 0.25) is 0 Å². The van der Waals surface area contributed by atoms with E-state index in [1.807, 2.05) is 4.90 Å². The van der Waals surface area contributed by atoms with E-state index in [-0.39, 0.29) is 12.1 Å². The third-order valence-corrected chi connectivity index (χ3v) is 3.01. The molecule has 1 saturated heterocycles. The van der Waals surface area contributed by atoms with Crippen LogP contribution in [0.15, 0.2) is 0 Å². The second kappa shape index (κ2) is 8.74. The molecule has 1 aliphatic heterocycles. The van der Waals surface area contributed by atoms with E-state index >= 15 is 0 Å². The Balaban J connectivity index is 2.19. The molecule has 6 heteroatoms. The molecule has 0 aliphatic carbocycles. The Morgan fingerprint density at radius 2 is 1.74 bits per heavy atom. The summed E-state index contributed by atoms with van der Waals surface area (Å²) in [5.74, 6) is -0.182. The number of unbranched alkanes of at least 4 members (excludes halogenated alkanes) is 1. The molecule has 0 aromatic carbocycles. The van der Waals surface area contributed by atoms with Crippen LogP contribution < -0.4 is 0 Å². The number of nitrogens with zero attached hydrogens (tertiary/aromatic N) is 2. The first kappa shape index (κ1) is 15.8. The Morgan fingerprint density at radius 1 is 1.05 bits per heavy atom. The third kappa shape index (κ3) is 5.92. The van der Waals surface area contributed by atoms with Gasteiger partial charge in [-0.05, 0) is 13.3 Å². The third-order valence-electron chi connectivity index (χ3n) is 3.01. The first-order valence-corrected chi connectivity index (χ1v) is 6.97. The minimum atomic E-state index is -0.271. The fourth-order valence-corrected chi connectivity index (χ4v) is 1.86. The van der Waals surface area contributed by atoms with Crippen molar-refractivity contribution in [2.45, 2.75) is 26.7 Å². The summed E-state index contributed by atoms with van der Waals surface area (Å²) in [5, 5.41) is 0. The molecule has 0 atom stereocenters. The standard InChI is InChI=1S/C13H24N2O4/c1-3-5-10-19-12(16)11-14-6-8-15(9-7-14)13(17)18-4-2/h3-11H2,1-2H3. The number of carbonyl (C=O) groups is 2. The SMILES string of the molecule is CCCCOC(=O)CN1CCN(C(=O)OCC)CC1. The summed E-state index contributed by atoms with van der Waals surface area (Å²) in [4.78, 5) is 26.7. The smallest absolute Gasteiger partial charge is 0.409 e. The van der Waals surface area contributed by atoms with E-state index in [4.69, 9.17) is 9.47 Å². The summed E-state index contributed by atoms with van der Waals surface area (Å²) in [7, 11) is 0. The van der Waals surface area contributed by atoms with E-state index in [9.17, 15) is 9.59 Å². The van der Waals surface area contributed by atoms with E-state index < -0.39 is 0 Å². The van der Waals surface area contributed by atoms with E-state index in [1.54, 1.807) is 11.8 Å². The molecule has 0 unspecified atom stereocenters. The van der Waals surface area contributed by atoms with Crippen LogP contribution in [-0.4, -0.2) is 67.8 Å². The van der Waals surface area contributed by atoms with Gasteiger partial charge in [0.15, 0.2) is 0 Å². The van der Waals surface area contributed by atoms with E-state index in [1.165, 1.54) is 0 Å². The van der Waals surface area contributed by atoms with Crippen molar-refractivity contribution in [2.75, 3.05) is 45.9 Å². The van der Waals surface area contributed by atoms with Crippen molar-refractivity contribution in [1.82, 2.24) is 9.80 Å². The molecule has 1 amide bonds. The quantitative estimate of drug-likeness (QED) is 0.535. The summed E-state index contributed by atoms with van der Waals surface area (Å²) in [5.41, 5.74) is 0. The minimum absolute atomic E-state index is 0.182. The minimum Gasteiger partial charge on any atom is -0.465 e. The van der Waals surface area contributed by atoms with Crippen LogP contribution in [0.4, 0.5) is 4.79 Å². The number of hydrogen-bond donors (Lipinski definition) is 0. The van der Waals surface area contributed by atoms with Gasteiger partial charge < -0.3 is 14.4 Å². The number of carbonyl (C=O) groups excluding carboxylic acids is 2. The fraction of sp³-hybridized carbons (Fsp3) is 0.846. The zero-order valence-corrected chi connectivity index (χ0v) is 11.9. The molecule has 0 saturated carbocycles. The van der Waals surface area contributed by atoms with Crippen molar-refractivity contribution < 1.29 is 19.1 Å². The van der Waals surface area contributed by atoms with E-state index in [0.29, 0.717) is 45.9 Å². The largest absolute Gasteiger partial charge is 0.465 e. The van der Waals surface area contributed by atoms with Crippen LogP contribution in [0.25, 0.3) is 0 Å². The molecule has 0 bridgehead atoms. The number of rotatable bonds is 6. The molecular formula is C13H24N2O4. The predicted molar refractivity (Wildman–Crippen MR) is 70.9 cm³/mol. The summed E-state index contributed by atoms with van der Waals surface area (Å²) in [6.45, 7) is 7.61. The molecular weight excluding hydrogens is 248 g/mol. The Bertz CT molecular complexity index is 288. The zero-order valence-electron chi connectivity index (χ0n) is 11.9. The molecule has 0 aromatic heterocycles. The predicted octanol–water partition coefficient (Wildman–Crippen LogP) is 1.10. The van der Waals surface area contributed by atoms with Crippen LogP contribution in [0.3, 0.4) is 0 Å². The molecule has 0 N–H and O–H groups in total. The Kier molecular flexibility index (Phi) is 7.25. The van der Waals surface area contributed by atoms with Gasteiger partial charge in [0.05, 0.1) is 19.8 Å². The van der Waals surface area contributed by atoms with Crippen molar-refractivity contribution in [3.63, 3.8) is 0 Å². The highest BCUT2D eigenvalue weighted by Crippen LogP contribution is 2.04. The van der Waals surface area contributed by atoms with Gasteiger partial charge in [0.2, 0.25) is 0 Å². The van der Waals surface area contributed by atoms with Crippen LogP contribution in [0.5, 0.6) is 0 Å². The van der Waals surface area contributed by atoms with Gasteiger partial charge in [-0.3, -0.25) is 9.69 Å². The normalized spacial score (nSPS) is 16.2. The number of piperazine rings is 1. The monoisotopic (exact) mass is 272 g/mol. The lowest BCUT2D eigenvalue weighted by molar-refractivity contribution is -0.145. The zero-order chi connectivity index (χ0) is 14.1. The molecule has 0 radical (unpaired) electrons. The van der Waals surface area contributed by atoms with Gasteiger partial charge in [0, 0.05) is 26.2 Å². The van der Waals surface area contributed by atoms with E-state index in [0.717, 1.165) is 12.8 Å². The Labute approximate surface area is 114 Å². The lowest BCUT2D eigenvalue weighted by atomic mass is 10.3. The van der Waals surface area contributed by atoms with Gasteiger partial charge in [-0.2, -0.15) is 0 Å². The lowest BCUT2D eigenvalue weighted by Crippen LogP contribution is -2.50. The van der Waals surface area contributed by atoms with E-state index in [2.05, 4.69) is 6.92 Å². The maximum atomic E-state index is 11.5. The van der Waals surface area contributed by atoms with Crippen molar-refractivity contribution in [3.05, 3.63) is 0 Å². The molecule has 1 rings (SSSR count). The van der Waals surface area contributed by atoms with Gasteiger partial charge in [0.1, 0.15) is 0 Å². The van der Waals surface area contributed by atoms with Crippen LogP contribution in [-0.2, 0) is 14.3 Å². The molecule has 0 spiro atoms. The highest BCUT2D eigenvalue weighted by molar-refractivity contribution is 5.71. The average Bonchev–Trinajstić information content (AvgIpc) is 2.40. The summed E-state index contributed by atoms with van der Waals surface area (Å²) < 4.78 is 10.1. The Morgan fingerprint density at radius 3 is 2.32 bits per heavy atom. The summed E-state index contributed by atoms with van der Waals surface area (Å²) >= 11 is 0. The molecule has 110 valence electrons. The second-order valence-corrected chi connectivity index (χ2v) is 4.54. The van der Waals surface area contributed by atoms with Crippen LogP contribution in [0, 0.1) is 0 Å². The van der Waals surface area contributed by atoms with Crippen LogP contribution >= 0.6 is 0 Å². The molecule has 0 aromatic rings. The topological polar surface area (TPSA) is 59.1 Å². The highest BCUT2D eigenvalue weighted by atomic mass is 16.6. The number of ether oxygens (including phenoxy) is 2. The van der Waals surface area contributed by atoms with Gasteiger partial charge in [-0.1, -0.05) is 13.3 Å². The first-order valence-electron chi connectivity index (χ1n) is 6.97. The van der Waals surface area contributed by atoms with Crippen molar-refractivity contribution >= 4 is 12.1 Å². The first-order chi connectivity index (χ1) is 9.17. The number of esters is 1. The number of amides is 1. The summed E-state index contributed by atoms with van der Waals surface area (Å²) in [6, 6.07) is 0. The van der Waals surface area contributed by atoms with Gasteiger partial charge in [0.25, 0.3) is 0 Å². The van der Waals surface area contributed by atoms with Crippen molar-refractivity contribution in [3.8, 4) is 0 Å². The molecule has 19 heavy (non-hydrogen) atoms. The molecule has 1 heterocycles. The summed E-state index contributed by atoms with van der Waals surface area (Å²) in [6.07, 6.45) is 1.65. The molecule has 1 aliphatic rings.